The Morgan fingerprint density at radius 2 is 2.00 bits per heavy atom. The Bertz CT molecular complexity index is 531. The molecule has 1 saturated heterocycles. The first-order chi connectivity index (χ1) is 10.8. The van der Waals surface area contributed by atoms with E-state index in [0.717, 1.165) is 38.0 Å². The molecule has 0 aliphatic carbocycles. The number of aromatic nitrogens is 2. The summed E-state index contributed by atoms with van der Waals surface area (Å²) < 4.78 is 7.50. The molecule has 2 N–H and O–H groups in total. The lowest BCUT2D eigenvalue weighted by Crippen LogP contribution is -2.41. The summed E-state index contributed by atoms with van der Waals surface area (Å²) in [6.45, 7) is 9.17. The third-order valence-corrected chi connectivity index (χ3v) is 4.30. The van der Waals surface area contributed by atoms with Gasteiger partial charge in [-0.3, -0.25) is 9.48 Å². The van der Waals surface area contributed by atoms with Crippen LogP contribution in [-0.2, 0) is 17.2 Å². The molecule has 1 amide bonds. The van der Waals surface area contributed by atoms with Crippen LogP contribution in [0.1, 0.15) is 56.2 Å². The van der Waals surface area contributed by atoms with E-state index in [4.69, 9.17) is 10.5 Å². The number of halogens is 1. The van der Waals surface area contributed by atoms with Gasteiger partial charge in [0.2, 0.25) is 0 Å². The van der Waals surface area contributed by atoms with Crippen LogP contribution in [-0.4, -0.2) is 52.9 Å². The Kier molecular flexibility index (Phi) is 7.70. The Morgan fingerprint density at radius 1 is 1.38 bits per heavy atom. The maximum Gasteiger partial charge on any atom is 0.272 e. The van der Waals surface area contributed by atoms with Gasteiger partial charge >= 0.3 is 0 Å². The number of nitrogens with zero attached hydrogens (tertiary/aromatic N) is 3. The first kappa shape index (κ1) is 20.9. The van der Waals surface area contributed by atoms with Crippen molar-refractivity contribution >= 4 is 18.3 Å². The number of rotatable bonds is 5. The number of piperidine rings is 1. The number of amides is 1. The van der Waals surface area contributed by atoms with E-state index in [0.29, 0.717) is 18.8 Å². The van der Waals surface area contributed by atoms with Gasteiger partial charge in [-0.2, -0.15) is 5.10 Å². The van der Waals surface area contributed by atoms with Gasteiger partial charge in [-0.1, -0.05) is 20.8 Å². The average Bonchev–Trinajstić information content (AvgIpc) is 2.90. The highest BCUT2D eigenvalue weighted by atomic mass is 35.5. The molecule has 0 unspecified atom stereocenters. The summed E-state index contributed by atoms with van der Waals surface area (Å²) in [5, 5.41) is 4.50. The molecule has 0 radical (unpaired) electrons. The Morgan fingerprint density at radius 3 is 2.50 bits per heavy atom. The first-order valence-electron chi connectivity index (χ1n) is 8.48. The minimum atomic E-state index is -0.0554. The summed E-state index contributed by atoms with van der Waals surface area (Å²) in [5.41, 5.74) is 7.03. The summed E-state index contributed by atoms with van der Waals surface area (Å²) >= 11 is 0. The minimum Gasteiger partial charge on any atom is -0.378 e. The summed E-state index contributed by atoms with van der Waals surface area (Å²) in [4.78, 5) is 14.6. The smallest absolute Gasteiger partial charge is 0.272 e. The average molecular weight is 359 g/mol. The lowest BCUT2D eigenvalue weighted by atomic mass is 9.92. The Balaban J connectivity index is 0.00000288. The van der Waals surface area contributed by atoms with E-state index in [-0.39, 0.29) is 29.8 Å². The van der Waals surface area contributed by atoms with Crippen molar-refractivity contribution in [1.29, 1.82) is 0 Å². The predicted molar refractivity (Wildman–Crippen MR) is 97.7 cm³/mol. The Hall–Kier alpha value is -1.11. The highest BCUT2D eigenvalue weighted by molar-refractivity contribution is 5.92. The topological polar surface area (TPSA) is 73.4 Å². The molecular weight excluding hydrogens is 328 g/mol. The van der Waals surface area contributed by atoms with E-state index >= 15 is 0 Å². The lowest BCUT2D eigenvalue weighted by molar-refractivity contribution is 0.00817. The second-order valence-electron chi connectivity index (χ2n) is 7.29. The van der Waals surface area contributed by atoms with E-state index in [1.165, 1.54) is 0 Å². The molecule has 24 heavy (non-hydrogen) atoms. The van der Waals surface area contributed by atoms with Crippen LogP contribution < -0.4 is 5.73 Å². The molecule has 1 aliphatic heterocycles. The van der Waals surface area contributed by atoms with Gasteiger partial charge in [-0.25, -0.2) is 0 Å². The fraction of sp³-hybridized carbons (Fsp3) is 0.765. The van der Waals surface area contributed by atoms with Crippen molar-refractivity contribution in [1.82, 2.24) is 14.7 Å². The van der Waals surface area contributed by atoms with Crippen molar-refractivity contribution in [2.45, 2.75) is 51.6 Å². The number of aryl methyl sites for hydroxylation is 1. The second-order valence-corrected chi connectivity index (χ2v) is 7.29. The first-order valence-corrected chi connectivity index (χ1v) is 8.48. The lowest BCUT2D eigenvalue weighted by Gasteiger charge is -2.31. The van der Waals surface area contributed by atoms with E-state index < -0.39 is 0 Å². The molecule has 1 aliphatic rings. The third kappa shape index (κ3) is 5.19. The van der Waals surface area contributed by atoms with Gasteiger partial charge in [0, 0.05) is 32.2 Å². The molecule has 2 rings (SSSR count). The molecule has 0 aromatic carbocycles. The molecule has 0 spiro atoms. The van der Waals surface area contributed by atoms with E-state index in [1.807, 2.05) is 18.0 Å². The third-order valence-electron chi connectivity index (χ3n) is 4.30. The van der Waals surface area contributed by atoms with Crippen molar-refractivity contribution in [3.05, 3.63) is 17.5 Å². The molecule has 6 nitrogen and oxygen atoms in total. The molecule has 0 atom stereocenters. The van der Waals surface area contributed by atoms with Crippen LogP contribution >= 0.6 is 12.4 Å². The molecule has 0 saturated carbocycles. The van der Waals surface area contributed by atoms with Crippen molar-refractivity contribution in [3.8, 4) is 0 Å². The SMILES string of the molecule is Cl.Cn1nc(C(C)(C)C)cc1C(=O)N1CCC(OCCCN)CC1. The van der Waals surface area contributed by atoms with Gasteiger partial charge in [0.05, 0.1) is 11.8 Å². The molecular formula is C17H31ClN4O2. The highest BCUT2D eigenvalue weighted by Gasteiger charge is 2.27. The van der Waals surface area contributed by atoms with Gasteiger partial charge in [-0.15, -0.1) is 12.4 Å². The van der Waals surface area contributed by atoms with Crippen LogP contribution in [0.3, 0.4) is 0 Å². The zero-order chi connectivity index (χ0) is 17.0. The van der Waals surface area contributed by atoms with Gasteiger partial charge in [0.1, 0.15) is 5.69 Å². The standard InChI is InChI=1S/C17H30N4O2.ClH/c1-17(2,3)15-12-14(20(4)19-15)16(22)21-9-6-13(7-10-21)23-11-5-8-18;/h12-13H,5-11,18H2,1-4H3;1H. The predicted octanol–water partition coefficient (Wildman–Crippen LogP) is 2.11. The largest absolute Gasteiger partial charge is 0.378 e. The van der Waals surface area contributed by atoms with Crippen LogP contribution in [0, 0.1) is 0 Å². The molecule has 0 bridgehead atoms. The summed E-state index contributed by atoms with van der Waals surface area (Å²) in [5.74, 6) is 0.0657. The maximum atomic E-state index is 12.7. The summed E-state index contributed by atoms with van der Waals surface area (Å²) in [6, 6.07) is 1.92. The fourth-order valence-corrected chi connectivity index (χ4v) is 2.75. The maximum absolute atomic E-state index is 12.7. The van der Waals surface area contributed by atoms with Crippen LogP contribution in [0.4, 0.5) is 0 Å². The van der Waals surface area contributed by atoms with Crippen LogP contribution in [0.5, 0.6) is 0 Å². The number of carbonyl (C=O) groups excluding carboxylic acids is 1. The molecule has 7 heteroatoms. The zero-order valence-corrected chi connectivity index (χ0v) is 16.1. The van der Waals surface area contributed by atoms with Crippen LogP contribution in [0.25, 0.3) is 0 Å². The van der Waals surface area contributed by atoms with Gasteiger partial charge < -0.3 is 15.4 Å². The van der Waals surface area contributed by atoms with Gasteiger partial charge in [0.15, 0.2) is 0 Å². The minimum absolute atomic E-state index is 0. The highest BCUT2D eigenvalue weighted by Crippen LogP contribution is 2.23. The van der Waals surface area contributed by atoms with Gasteiger partial charge in [-0.05, 0) is 31.9 Å². The monoisotopic (exact) mass is 358 g/mol. The molecule has 1 fully saturated rings. The molecule has 138 valence electrons. The van der Waals surface area contributed by atoms with E-state index in [1.54, 1.807) is 4.68 Å². The number of hydrogen-bond donors (Lipinski definition) is 1. The van der Waals surface area contributed by atoms with E-state index in [2.05, 4.69) is 25.9 Å². The van der Waals surface area contributed by atoms with E-state index in [9.17, 15) is 4.79 Å². The summed E-state index contributed by atoms with van der Waals surface area (Å²) in [7, 11) is 1.84. The normalized spacial score (nSPS) is 16.1. The number of nitrogens with two attached hydrogens (primary N) is 1. The fourth-order valence-electron chi connectivity index (χ4n) is 2.75. The molecule has 1 aromatic rings. The van der Waals surface area contributed by atoms with Crippen molar-refractivity contribution < 1.29 is 9.53 Å². The van der Waals surface area contributed by atoms with Crippen molar-refractivity contribution in [2.75, 3.05) is 26.2 Å². The molecule has 1 aromatic heterocycles. The zero-order valence-electron chi connectivity index (χ0n) is 15.2. The number of carbonyl (C=O) groups is 1. The second kappa shape index (κ2) is 8.83. The number of likely N-dealkylation sites (tertiary alicyclic amines) is 1. The summed E-state index contributed by atoms with van der Waals surface area (Å²) in [6.07, 6.45) is 2.92. The van der Waals surface area contributed by atoms with Crippen LogP contribution in [0.2, 0.25) is 0 Å². The van der Waals surface area contributed by atoms with Gasteiger partial charge in [0.25, 0.3) is 5.91 Å². The van der Waals surface area contributed by atoms with Crippen LogP contribution in [0.15, 0.2) is 6.07 Å². The quantitative estimate of drug-likeness (QED) is 0.818. The number of hydrogen-bond acceptors (Lipinski definition) is 4. The van der Waals surface area contributed by atoms with Crippen molar-refractivity contribution in [2.24, 2.45) is 12.8 Å². The number of ether oxygens (including phenoxy) is 1. The Labute approximate surface area is 151 Å². The molecule has 2 heterocycles. The van der Waals surface area contributed by atoms with Crippen molar-refractivity contribution in [3.63, 3.8) is 0 Å².